The summed E-state index contributed by atoms with van der Waals surface area (Å²) in [7, 11) is 1.54. The Bertz CT molecular complexity index is 1260. The van der Waals surface area contributed by atoms with Gasteiger partial charge in [-0.15, -0.1) is 0 Å². The minimum absolute atomic E-state index is 0.122. The largest absolute Gasteiger partial charge is 0.497 e. The van der Waals surface area contributed by atoms with Gasteiger partial charge in [-0.1, -0.05) is 24.3 Å². The van der Waals surface area contributed by atoms with Gasteiger partial charge in [0.15, 0.2) is 11.5 Å². The molecule has 0 saturated carbocycles. The predicted octanol–water partition coefficient (Wildman–Crippen LogP) is 3.79. The number of methoxy groups -OCH3 is 1. The number of carbonyl (C=O) groups excluding carboxylic acids is 3. The van der Waals surface area contributed by atoms with Crippen LogP contribution >= 0.6 is 0 Å². The Morgan fingerprint density at radius 3 is 2.49 bits per heavy atom. The van der Waals surface area contributed by atoms with Crippen LogP contribution in [-0.2, 0) is 16.1 Å². The van der Waals surface area contributed by atoms with Crippen LogP contribution in [0, 0.1) is 0 Å². The molecule has 3 aromatic carbocycles. The average molecular weight is 473 g/mol. The maximum atomic E-state index is 13.5. The number of rotatable bonds is 7. The molecule has 1 saturated heterocycles. The highest BCUT2D eigenvalue weighted by Crippen LogP contribution is 2.35. The first-order valence-corrected chi connectivity index (χ1v) is 11.1. The number of fused-ring (bicyclic) bond motifs is 1. The summed E-state index contributed by atoms with van der Waals surface area (Å²) in [4.78, 5) is 42.3. The van der Waals surface area contributed by atoms with Gasteiger partial charge < -0.3 is 24.4 Å². The van der Waals surface area contributed by atoms with Crippen molar-refractivity contribution in [3.8, 4) is 17.2 Å². The molecule has 3 aromatic rings. The number of hydrogen-bond donors (Lipinski definition) is 1. The fourth-order valence-electron chi connectivity index (χ4n) is 4.13. The second-order valence-electron chi connectivity index (χ2n) is 8.10. The third kappa shape index (κ3) is 4.48. The zero-order valence-electron chi connectivity index (χ0n) is 19.0. The Balaban J connectivity index is 1.42. The van der Waals surface area contributed by atoms with E-state index in [1.165, 1.54) is 12.0 Å². The summed E-state index contributed by atoms with van der Waals surface area (Å²) in [6.07, 6.45) is -0.184. The maximum absolute atomic E-state index is 13.5. The molecular weight excluding hydrogens is 450 g/mol. The zero-order valence-corrected chi connectivity index (χ0v) is 19.0. The van der Waals surface area contributed by atoms with Crippen molar-refractivity contribution in [2.24, 2.45) is 0 Å². The van der Waals surface area contributed by atoms with E-state index in [0.717, 1.165) is 10.5 Å². The van der Waals surface area contributed by atoms with E-state index in [2.05, 4.69) is 5.32 Å². The number of hydrogen-bond acceptors (Lipinski definition) is 6. The van der Waals surface area contributed by atoms with E-state index < -0.39 is 18.0 Å². The molecule has 0 radical (unpaired) electrons. The average Bonchev–Trinajstić information content (AvgIpc) is 3.43. The Labute approximate surface area is 201 Å². The number of amides is 4. The van der Waals surface area contributed by atoms with Crippen LogP contribution in [0.3, 0.4) is 0 Å². The van der Waals surface area contributed by atoms with Gasteiger partial charge in [0.1, 0.15) is 11.8 Å². The van der Waals surface area contributed by atoms with Crippen LogP contribution in [0.2, 0.25) is 0 Å². The molecule has 0 unspecified atom stereocenters. The molecule has 0 aliphatic carbocycles. The van der Waals surface area contributed by atoms with Crippen molar-refractivity contribution in [1.29, 1.82) is 0 Å². The minimum Gasteiger partial charge on any atom is -0.497 e. The van der Waals surface area contributed by atoms with E-state index in [1.807, 2.05) is 12.1 Å². The van der Waals surface area contributed by atoms with E-state index in [9.17, 15) is 14.4 Å². The molecule has 1 N–H and O–H groups in total. The summed E-state index contributed by atoms with van der Waals surface area (Å²) >= 11 is 0. The van der Waals surface area contributed by atoms with Crippen LogP contribution in [0.25, 0.3) is 0 Å². The van der Waals surface area contributed by atoms with Crippen molar-refractivity contribution in [1.82, 2.24) is 4.90 Å². The fourth-order valence-corrected chi connectivity index (χ4v) is 4.13. The molecule has 1 fully saturated rings. The Kier molecular flexibility index (Phi) is 5.97. The first-order chi connectivity index (χ1) is 17.0. The van der Waals surface area contributed by atoms with Crippen molar-refractivity contribution >= 4 is 29.2 Å². The Morgan fingerprint density at radius 1 is 1.00 bits per heavy atom. The molecule has 5 rings (SSSR count). The van der Waals surface area contributed by atoms with Crippen molar-refractivity contribution < 1.29 is 28.6 Å². The van der Waals surface area contributed by atoms with E-state index in [0.29, 0.717) is 28.6 Å². The number of imide groups is 1. The smallest absolute Gasteiger partial charge is 0.332 e. The first kappa shape index (κ1) is 22.3. The van der Waals surface area contributed by atoms with Gasteiger partial charge in [-0.05, 0) is 54.1 Å². The lowest BCUT2D eigenvalue weighted by Crippen LogP contribution is -2.37. The van der Waals surface area contributed by atoms with Crippen LogP contribution in [0.4, 0.5) is 16.2 Å². The monoisotopic (exact) mass is 473 g/mol. The molecule has 1 atom stereocenters. The van der Waals surface area contributed by atoms with Crippen molar-refractivity contribution in [3.05, 3.63) is 78.4 Å². The number of anilines is 2. The highest BCUT2D eigenvalue weighted by atomic mass is 16.7. The molecule has 35 heavy (non-hydrogen) atoms. The number of urea groups is 1. The molecule has 4 amide bonds. The number of para-hydroxylation sites is 1. The normalized spacial score (nSPS) is 16.5. The second kappa shape index (κ2) is 9.38. The Hall–Kier alpha value is -4.53. The second-order valence-corrected chi connectivity index (χ2v) is 8.10. The van der Waals surface area contributed by atoms with Crippen molar-refractivity contribution in [2.75, 3.05) is 24.1 Å². The van der Waals surface area contributed by atoms with E-state index in [-0.39, 0.29) is 25.7 Å². The van der Waals surface area contributed by atoms with Gasteiger partial charge in [-0.2, -0.15) is 0 Å². The van der Waals surface area contributed by atoms with Crippen molar-refractivity contribution in [2.45, 2.75) is 19.0 Å². The SMILES string of the molecule is COc1ccc(N2C(=O)[C@@H](CC(=O)Nc3ccccc3)N(Cc3ccc4c(c3)OCO4)C2=O)cc1. The predicted molar refractivity (Wildman–Crippen MR) is 127 cm³/mol. The van der Waals surface area contributed by atoms with Crippen LogP contribution in [0.1, 0.15) is 12.0 Å². The van der Waals surface area contributed by atoms with E-state index in [1.54, 1.807) is 60.7 Å². The van der Waals surface area contributed by atoms with E-state index >= 15 is 0 Å². The summed E-state index contributed by atoms with van der Waals surface area (Å²) in [5.41, 5.74) is 1.77. The number of nitrogens with one attached hydrogen (secondary N) is 1. The fraction of sp³-hybridized carbons (Fsp3) is 0.192. The van der Waals surface area contributed by atoms with Gasteiger partial charge >= 0.3 is 6.03 Å². The zero-order chi connectivity index (χ0) is 24.4. The quantitative estimate of drug-likeness (QED) is 0.525. The third-order valence-electron chi connectivity index (χ3n) is 5.88. The summed E-state index contributed by atoms with van der Waals surface area (Å²) in [5, 5.41) is 2.79. The van der Waals surface area contributed by atoms with Gasteiger partial charge in [-0.3, -0.25) is 9.59 Å². The number of benzene rings is 3. The van der Waals surface area contributed by atoms with Crippen LogP contribution in [0.15, 0.2) is 72.8 Å². The standard InChI is InChI=1S/C26H23N3O6/c1-33-20-10-8-19(9-11-20)29-25(31)21(14-24(30)27-18-5-3-2-4-6-18)28(26(29)32)15-17-7-12-22-23(13-17)35-16-34-22/h2-13,21H,14-16H2,1H3,(H,27,30)/t21-/m1/s1. The molecule has 9 heteroatoms. The topological polar surface area (TPSA) is 97.4 Å². The molecule has 2 heterocycles. The summed E-state index contributed by atoms with van der Waals surface area (Å²) in [6, 6.07) is 19.5. The van der Waals surface area contributed by atoms with E-state index in [4.69, 9.17) is 14.2 Å². The van der Waals surface area contributed by atoms with Crippen LogP contribution in [-0.4, -0.2) is 42.7 Å². The maximum Gasteiger partial charge on any atom is 0.332 e. The highest BCUT2D eigenvalue weighted by molar-refractivity contribution is 6.22. The third-order valence-corrected chi connectivity index (χ3v) is 5.88. The number of nitrogens with zero attached hydrogens (tertiary/aromatic N) is 2. The molecule has 0 spiro atoms. The molecule has 2 aliphatic heterocycles. The highest BCUT2D eigenvalue weighted by Gasteiger charge is 2.46. The van der Waals surface area contributed by atoms with Gasteiger partial charge in [0.05, 0.1) is 19.2 Å². The Morgan fingerprint density at radius 2 is 1.74 bits per heavy atom. The number of ether oxygens (including phenoxy) is 3. The lowest BCUT2D eigenvalue weighted by atomic mass is 10.1. The summed E-state index contributed by atoms with van der Waals surface area (Å²) in [5.74, 6) is 0.963. The number of carbonyl (C=O) groups is 3. The van der Waals surface area contributed by atoms with Gasteiger partial charge in [0.2, 0.25) is 12.7 Å². The summed E-state index contributed by atoms with van der Waals surface area (Å²) in [6.45, 7) is 0.255. The van der Waals surface area contributed by atoms with Crippen molar-refractivity contribution in [3.63, 3.8) is 0 Å². The van der Waals surface area contributed by atoms with Gasteiger partial charge in [-0.25, -0.2) is 9.69 Å². The minimum atomic E-state index is -0.973. The van der Waals surface area contributed by atoms with Gasteiger partial charge in [0, 0.05) is 12.2 Å². The van der Waals surface area contributed by atoms with Crippen LogP contribution in [0.5, 0.6) is 17.2 Å². The van der Waals surface area contributed by atoms with Gasteiger partial charge in [0.25, 0.3) is 5.91 Å². The molecule has 0 aromatic heterocycles. The summed E-state index contributed by atoms with van der Waals surface area (Å²) < 4.78 is 16.0. The molecule has 178 valence electrons. The van der Waals surface area contributed by atoms with Crippen LogP contribution < -0.4 is 24.4 Å². The lowest BCUT2D eigenvalue weighted by Gasteiger charge is -2.22. The molecule has 0 bridgehead atoms. The lowest BCUT2D eigenvalue weighted by molar-refractivity contribution is -0.124. The molecule has 9 nitrogen and oxygen atoms in total. The molecular formula is C26H23N3O6. The first-order valence-electron chi connectivity index (χ1n) is 11.1. The molecule has 2 aliphatic rings.